The number of ether oxygens (including phenoxy) is 1. The molecule has 4 rings (SSSR count). The van der Waals surface area contributed by atoms with Gasteiger partial charge >= 0.3 is 0 Å². The summed E-state index contributed by atoms with van der Waals surface area (Å²) in [5, 5.41) is 3.17. The van der Waals surface area contributed by atoms with Crippen LogP contribution in [-0.2, 0) is 4.79 Å². The number of nitrogen functional groups attached to an aromatic ring is 1. The zero-order chi connectivity index (χ0) is 26.5. The Morgan fingerprint density at radius 3 is 2.41 bits per heavy atom. The summed E-state index contributed by atoms with van der Waals surface area (Å²) >= 11 is 0.787. The Bertz CT molecular complexity index is 1280. The SMILES string of the molecule is COc1ccc([C@@H](C(=O)NC2CCCCC2)N(C(=O)c2snc(C(N)=O)c2N)c2cccc(C)c2)cc1. The molecule has 0 spiro atoms. The van der Waals surface area contributed by atoms with E-state index in [1.165, 1.54) is 4.90 Å². The summed E-state index contributed by atoms with van der Waals surface area (Å²) < 4.78 is 9.30. The molecule has 1 fully saturated rings. The molecule has 0 unspecified atom stereocenters. The van der Waals surface area contributed by atoms with E-state index in [9.17, 15) is 14.4 Å². The van der Waals surface area contributed by atoms with Crippen molar-refractivity contribution in [2.24, 2.45) is 5.73 Å². The van der Waals surface area contributed by atoms with Gasteiger partial charge in [0.25, 0.3) is 11.8 Å². The van der Waals surface area contributed by atoms with Gasteiger partial charge in [0.1, 0.15) is 16.7 Å². The highest BCUT2D eigenvalue weighted by Crippen LogP contribution is 2.34. The Labute approximate surface area is 220 Å². The number of anilines is 2. The van der Waals surface area contributed by atoms with Crippen LogP contribution in [0.15, 0.2) is 48.5 Å². The maximum Gasteiger partial charge on any atom is 0.273 e. The molecular formula is C27H31N5O4S. The number of benzene rings is 2. The molecule has 0 radical (unpaired) electrons. The van der Waals surface area contributed by atoms with Crippen LogP contribution in [0.25, 0.3) is 0 Å². The van der Waals surface area contributed by atoms with Gasteiger partial charge in [-0.05, 0) is 66.7 Å². The van der Waals surface area contributed by atoms with E-state index in [0.717, 1.165) is 49.2 Å². The first kappa shape index (κ1) is 26.2. The molecule has 1 heterocycles. The van der Waals surface area contributed by atoms with Crippen molar-refractivity contribution in [3.8, 4) is 5.75 Å². The van der Waals surface area contributed by atoms with E-state index in [1.54, 1.807) is 37.4 Å². The second-order valence-electron chi connectivity index (χ2n) is 9.17. The molecule has 2 aromatic carbocycles. The monoisotopic (exact) mass is 521 g/mol. The van der Waals surface area contributed by atoms with Crippen LogP contribution in [-0.4, -0.2) is 35.2 Å². The number of nitrogens with one attached hydrogen (secondary N) is 1. The number of carbonyl (C=O) groups is 3. The molecule has 1 aliphatic carbocycles. The summed E-state index contributed by atoms with van der Waals surface area (Å²) in [6, 6.07) is 13.4. The molecule has 1 aliphatic rings. The number of aryl methyl sites for hydroxylation is 1. The number of nitrogens with zero attached hydrogens (tertiary/aromatic N) is 2. The minimum Gasteiger partial charge on any atom is -0.497 e. The van der Waals surface area contributed by atoms with Crippen LogP contribution in [0.5, 0.6) is 5.75 Å². The van der Waals surface area contributed by atoms with Crippen LogP contribution in [0.3, 0.4) is 0 Å². The fraction of sp³-hybridized carbons (Fsp3) is 0.333. The Morgan fingerprint density at radius 2 is 1.81 bits per heavy atom. The summed E-state index contributed by atoms with van der Waals surface area (Å²) in [6.07, 6.45) is 5.03. The molecule has 194 valence electrons. The van der Waals surface area contributed by atoms with Crippen molar-refractivity contribution in [1.29, 1.82) is 0 Å². The van der Waals surface area contributed by atoms with Crippen LogP contribution in [0.1, 0.15) is 69.4 Å². The van der Waals surface area contributed by atoms with Crippen molar-refractivity contribution in [3.63, 3.8) is 0 Å². The second kappa shape index (κ2) is 11.4. The van der Waals surface area contributed by atoms with E-state index in [2.05, 4.69) is 9.69 Å². The molecule has 0 aliphatic heterocycles. The number of aromatic nitrogens is 1. The first-order valence-electron chi connectivity index (χ1n) is 12.2. The molecule has 1 atom stereocenters. The molecular weight excluding hydrogens is 490 g/mol. The first-order chi connectivity index (χ1) is 17.8. The number of hydrogen-bond donors (Lipinski definition) is 3. The van der Waals surface area contributed by atoms with Gasteiger partial charge in [0.15, 0.2) is 5.69 Å². The van der Waals surface area contributed by atoms with E-state index < -0.39 is 17.9 Å². The normalized spacial score (nSPS) is 14.5. The zero-order valence-electron chi connectivity index (χ0n) is 20.9. The molecule has 3 aromatic rings. The average molecular weight is 522 g/mol. The standard InChI is InChI=1S/C27H31N5O4S/c1-16-7-6-10-19(15-16)32(27(35)24-21(28)22(25(29)33)31-37-24)23(17-11-13-20(36-2)14-12-17)26(34)30-18-8-4-3-5-9-18/h6-7,10-15,18,23H,3-5,8-9,28H2,1-2H3,(H2,29,33)(H,30,34)/t23-/m0/s1. The van der Waals surface area contributed by atoms with E-state index in [1.807, 2.05) is 25.1 Å². The Kier molecular flexibility index (Phi) is 8.08. The molecule has 5 N–H and O–H groups in total. The van der Waals surface area contributed by atoms with Gasteiger partial charge in [0, 0.05) is 11.7 Å². The van der Waals surface area contributed by atoms with Crippen LogP contribution in [0, 0.1) is 6.92 Å². The maximum atomic E-state index is 14.1. The van der Waals surface area contributed by atoms with Crippen molar-refractivity contribution < 1.29 is 19.1 Å². The number of primary amides is 1. The van der Waals surface area contributed by atoms with Crippen LogP contribution < -0.4 is 26.4 Å². The van der Waals surface area contributed by atoms with Crippen LogP contribution in [0.2, 0.25) is 0 Å². The number of hydrogen-bond acceptors (Lipinski definition) is 7. The van der Waals surface area contributed by atoms with E-state index in [-0.39, 0.29) is 28.2 Å². The highest BCUT2D eigenvalue weighted by molar-refractivity contribution is 7.09. The molecule has 9 nitrogen and oxygen atoms in total. The maximum absolute atomic E-state index is 14.1. The molecule has 3 amide bonds. The molecule has 1 saturated carbocycles. The van der Waals surface area contributed by atoms with Crippen LogP contribution >= 0.6 is 11.5 Å². The summed E-state index contributed by atoms with van der Waals surface area (Å²) in [5.74, 6) is -1.05. The lowest BCUT2D eigenvalue weighted by Crippen LogP contribution is -2.47. The number of methoxy groups -OCH3 is 1. The molecule has 0 bridgehead atoms. The second-order valence-corrected chi connectivity index (χ2v) is 9.95. The molecule has 0 saturated heterocycles. The van der Waals surface area contributed by atoms with Gasteiger partial charge < -0.3 is 21.5 Å². The fourth-order valence-corrected chi connectivity index (χ4v) is 5.37. The van der Waals surface area contributed by atoms with Gasteiger partial charge in [-0.1, -0.05) is 43.5 Å². The third-order valence-electron chi connectivity index (χ3n) is 6.54. The summed E-state index contributed by atoms with van der Waals surface area (Å²) in [5.41, 5.74) is 13.3. The van der Waals surface area contributed by atoms with E-state index in [4.69, 9.17) is 16.2 Å². The summed E-state index contributed by atoms with van der Waals surface area (Å²) in [6.45, 7) is 1.91. The first-order valence-corrected chi connectivity index (χ1v) is 13.0. The highest BCUT2D eigenvalue weighted by Gasteiger charge is 2.37. The Hall–Kier alpha value is -3.92. The third-order valence-corrected chi connectivity index (χ3v) is 7.39. The minimum atomic E-state index is -1.01. The lowest BCUT2D eigenvalue weighted by molar-refractivity contribution is -0.123. The molecule has 1 aromatic heterocycles. The summed E-state index contributed by atoms with van der Waals surface area (Å²) in [4.78, 5) is 41.3. The Balaban J connectivity index is 1.84. The van der Waals surface area contributed by atoms with E-state index >= 15 is 0 Å². The quantitative estimate of drug-likeness (QED) is 0.410. The van der Waals surface area contributed by atoms with Gasteiger partial charge in [-0.15, -0.1) is 0 Å². The van der Waals surface area contributed by atoms with Gasteiger partial charge in [-0.25, -0.2) is 0 Å². The van der Waals surface area contributed by atoms with Gasteiger partial charge in [0.05, 0.1) is 12.8 Å². The van der Waals surface area contributed by atoms with Crippen molar-refractivity contribution in [2.75, 3.05) is 17.7 Å². The van der Waals surface area contributed by atoms with Crippen molar-refractivity contribution in [1.82, 2.24) is 9.69 Å². The molecule has 37 heavy (non-hydrogen) atoms. The Morgan fingerprint density at radius 1 is 1.11 bits per heavy atom. The fourth-order valence-electron chi connectivity index (χ4n) is 4.63. The number of carbonyl (C=O) groups excluding carboxylic acids is 3. The highest BCUT2D eigenvalue weighted by atomic mass is 32.1. The summed E-state index contributed by atoms with van der Waals surface area (Å²) in [7, 11) is 1.56. The lowest BCUT2D eigenvalue weighted by atomic mass is 9.94. The van der Waals surface area contributed by atoms with Crippen molar-refractivity contribution in [2.45, 2.75) is 51.1 Å². The van der Waals surface area contributed by atoms with Gasteiger partial charge in [-0.3, -0.25) is 19.3 Å². The van der Waals surface area contributed by atoms with Gasteiger partial charge in [0.2, 0.25) is 5.91 Å². The zero-order valence-corrected chi connectivity index (χ0v) is 21.7. The third kappa shape index (κ3) is 5.75. The number of rotatable bonds is 8. The minimum absolute atomic E-state index is 0.0337. The lowest BCUT2D eigenvalue weighted by Gasteiger charge is -2.33. The van der Waals surface area contributed by atoms with Crippen LogP contribution in [0.4, 0.5) is 11.4 Å². The van der Waals surface area contributed by atoms with Gasteiger partial charge in [-0.2, -0.15) is 4.37 Å². The number of nitrogens with two attached hydrogens (primary N) is 2. The van der Waals surface area contributed by atoms with Crippen molar-refractivity contribution in [3.05, 3.63) is 70.2 Å². The largest absolute Gasteiger partial charge is 0.497 e. The predicted molar refractivity (Wildman–Crippen MR) is 144 cm³/mol. The predicted octanol–water partition coefficient (Wildman–Crippen LogP) is 3.98. The van der Waals surface area contributed by atoms with Crippen molar-refractivity contribution >= 4 is 40.6 Å². The average Bonchev–Trinajstić information content (AvgIpc) is 3.29. The molecule has 10 heteroatoms. The van der Waals surface area contributed by atoms with E-state index in [0.29, 0.717) is 17.0 Å². The number of amides is 3. The smallest absolute Gasteiger partial charge is 0.273 e. The topological polar surface area (TPSA) is 141 Å².